The third-order valence-electron chi connectivity index (χ3n) is 4.50. The van der Waals surface area contributed by atoms with Gasteiger partial charge in [0, 0.05) is 27.5 Å². The van der Waals surface area contributed by atoms with Crippen molar-refractivity contribution in [2.24, 2.45) is 0 Å². The molecule has 11 heteroatoms. The number of fused-ring (bicyclic) bond motifs is 1. The summed E-state index contributed by atoms with van der Waals surface area (Å²) >= 11 is 18.1. The zero-order chi connectivity index (χ0) is 21.6. The van der Waals surface area contributed by atoms with Crippen LogP contribution in [0.2, 0.25) is 15.1 Å². The standard InChI is InChI=1S/C19H13Cl3N4O3S/c1-11-15(22)3-2-4-16(11)25-5-6-26-17(18(25)27)23-24-19(26)30(28,29)10-12-7-13(20)9-14(21)8-12/h2-9H,10H2,1H3. The summed E-state index contributed by atoms with van der Waals surface area (Å²) < 4.78 is 28.4. The van der Waals surface area contributed by atoms with E-state index in [0.29, 0.717) is 31.9 Å². The Hall–Kier alpha value is -2.39. The van der Waals surface area contributed by atoms with Crippen molar-refractivity contribution in [1.29, 1.82) is 0 Å². The molecule has 0 bridgehead atoms. The summed E-state index contributed by atoms with van der Waals surface area (Å²) in [7, 11) is -3.94. The molecule has 7 nitrogen and oxygen atoms in total. The van der Waals surface area contributed by atoms with Crippen molar-refractivity contribution in [3.05, 3.63) is 85.3 Å². The number of aromatic nitrogens is 4. The van der Waals surface area contributed by atoms with E-state index in [1.54, 1.807) is 25.1 Å². The highest BCUT2D eigenvalue weighted by Gasteiger charge is 2.24. The Morgan fingerprint density at radius 2 is 1.70 bits per heavy atom. The van der Waals surface area contributed by atoms with Gasteiger partial charge in [-0.25, -0.2) is 8.42 Å². The summed E-state index contributed by atoms with van der Waals surface area (Å²) in [6.07, 6.45) is 2.88. The number of hydrogen-bond acceptors (Lipinski definition) is 5. The molecule has 154 valence electrons. The average Bonchev–Trinajstić information content (AvgIpc) is 3.09. The number of hydrogen-bond donors (Lipinski definition) is 0. The highest BCUT2D eigenvalue weighted by molar-refractivity contribution is 7.90. The van der Waals surface area contributed by atoms with E-state index in [0.717, 1.165) is 4.40 Å². The molecule has 2 aromatic heterocycles. The van der Waals surface area contributed by atoms with Gasteiger partial charge < -0.3 is 0 Å². The molecule has 0 amide bonds. The molecule has 30 heavy (non-hydrogen) atoms. The Bertz CT molecular complexity index is 1440. The minimum Gasteiger partial charge on any atom is -0.279 e. The Morgan fingerprint density at radius 1 is 1.00 bits per heavy atom. The lowest BCUT2D eigenvalue weighted by molar-refractivity contribution is 0.584. The minimum atomic E-state index is -3.94. The Balaban J connectivity index is 1.81. The lowest BCUT2D eigenvalue weighted by Crippen LogP contribution is -2.21. The van der Waals surface area contributed by atoms with Crippen molar-refractivity contribution in [2.75, 3.05) is 0 Å². The molecule has 0 N–H and O–H groups in total. The second-order valence-electron chi connectivity index (χ2n) is 6.57. The fraction of sp³-hybridized carbons (Fsp3) is 0.105. The molecule has 0 aliphatic heterocycles. The summed E-state index contributed by atoms with van der Waals surface area (Å²) in [5.41, 5.74) is 1.01. The SMILES string of the molecule is Cc1c(Cl)cccc1-n1ccn2c(S(=O)(=O)Cc3cc(Cl)cc(Cl)c3)nnc2c1=O. The van der Waals surface area contributed by atoms with E-state index in [4.69, 9.17) is 34.8 Å². The molecule has 0 fully saturated rings. The Morgan fingerprint density at radius 3 is 2.40 bits per heavy atom. The van der Waals surface area contributed by atoms with E-state index in [-0.39, 0.29) is 10.8 Å². The summed E-state index contributed by atoms with van der Waals surface area (Å²) in [5, 5.41) is 8.37. The summed E-state index contributed by atoms with van der Waals surface area (Å²) in [6.45, 7) is 1.78. The predicted molar refractivity (Wildman–Crippen MR) is 116 cm³/mol. The smallest absolute Gasteiger partial charge is 0.279 e. The van der Waals surface area contributed by atoms with E-state index >= 15 is 0 Å². The van der Waals surface area contributed by atoms with Crippen LogP contribution in [0.15, 0.2) is 58.7 Å². The van der Waals surface area contributed by atoms with Gasteiger partial charge in [0.1, 0.15) is 0 Å². The molecule has 2 aromatic carbocycles. The van der Waals surface area contributed by atoms with Gasteiger partial charge in [-0.2, -0.15) is 0 Å². The van der Waals surface area contributed by atoms with Gasteiger partial charge in [-0.1, -0.05) is 40.9 Å². The van der Waals surface area contributed by atoms with Crippen molar-refractivity contribution in [3.63, 3.8) is 0 Å². The average molecular weight is 484 g/mol. The van der Waals surface area contributed by atoms with Crippen LogP contribution in [0, 0.1) is 6.92 Å². The van der Waals surface area contributed by atoms with E-state index < -0.39 is 21.1 Å². The van der Waals surface area contributed by atoms with Gasteiger partial charge in [0.25, 0.3) is 5.16 Å². The topological polar surface area (TPSA) is 86.3 Å². The number of nitrogens with zero attached hydrogens (tertiary/aromatic N) is 4. The lowest BCUT2D eigenvalue weighted by Gasteiger charge is -2.10. The highest BCUT2D eigenvalue weighted by atomic mass is 35.5. The molecule has 0 atom stereocenters. The van der Waals surface area contributed by atoms with E-state index in [9.17, 15) is 13.2 Å². The Kier molecular flexibility index (Phi) is 5.36. The molecule has 0 aliphatic carbocycles. The van der Waals surface area contributed by atoms with Crippen LogP contribution in [0.25, 0.3) is 11.3 Å². The van der Waals surface area contributed by atoms with E-state index in [2.05, 4.69) is 10.2 Å². The first-order valence-corrected chi connectivity index (χ1v) is 11.4. The summed E-state index contributed by atoms with van der Waals surface area (Å²) in [4.78, 5) is 12.9. The molecule has 4 rings (SSSR count). The second-order valence-corrected chi connectivity index (χ2v) is 9.73. The summed E-state index contributed by atoms with van der Waals surface area (Å²) in [6, 6.07) is 9.68. The minimum absolute atomic E-state index is 0.125. The number of halogens is 3. The number of rotatable bonds is 4. The molecular formula is C19H13Cl3N4O3S. The van der Waals surface area contributed by atoms with Crippen molar-refractivity contribution < 1.29 is 8.42 Å². The van der Waals surface area contributed by atoms with Gasteiger partial charge in [0.05, 0.1) is 11.4 Å². The molecule has 0 aliphatic rings. The lowest BCUT2D eigenvalue weighted by atomic mass is 10.2. The predicted octanol–water partition coefficient (Wildman–Crippen LogP) is 4.12. The van der Waals surface area contributed by atoms with Crippen molar-refractivity contribution in [3.8, 4) is 5.69 Å². The third-order valence-corrected chi connectivity index (χ3v) is 6.89. The van der Waals surface area contributed by atoms with Gasteiger partial charge in [0.2, 0.25) is 15.5 Å². The van der Waals surface area contributed by atoms with Crippen LogP contribution in [0.1, 0.15) is 11.1 Å². The van der Waals surface area contributed by atoms with Gasteiger partial charge in [-0.05, 0) is 48.4 Å². The largest absolute Gasteiger partial charge is 0.300 e. The highest BCUT2D eigenvalue weighted by Crippen LogP contribution is 2.24. The monoisotopic (exact) mass is 482 g/mol. The molecule has 0 saturated carbocycles. The molecule has 0 unspecified atom stereocenters. The van der Waals surface area contributed by atoms with Crippen LogP contribution in [-0.4, -0.2) is 27.6 Å². The molecule has 0 radical (unpaired) electrons. The van der Waals surface area contributed by atoms with Crippen LogP contribution in [0.3, 0.4) is 0 Å². The maximum atomic E-state index is 12.9. The molecule has 4 aromatic rings. The maximum Gasteiger partial charge on any atom is 0.300 e. The van der Waals surface area contributed by atoms with Crippen LogP contribution < -0.4 is 5.56 Å². The zero-order valence-electron chi connectivity index (χ0n) is 15.4. The molecule has 0 spiro atoms. The third kappa shape index (κ3) is 3.72. The van der Waals surface area contributed by atoms with Crippen LogP contribution in [0.5, 0.6) is 0 Å². The first-order chi connectivity index (χ1) is 14.2. The summed E-state index contributed by atoms with van der Waals surface area (Å²) in [5.74, 6) is -0.398. The zero-order valence-corrected chi connectivity index (χ0v) is 18.5. The van der Waals surface area contributed by atoms with Gasteiger partial charge >= 0.3 is 5.56 Å². The van der Waals surface area contributed by atoms with Crippen LogP contribution in [-0.2, 0) is 15.6 Å². The van der Waals surface area contributed by atoms with E-state index in [1.165, 1.54) is 35.2 Å². The first-order valence-electron chi connectivity index (χ1n) is 8.57. The van der Waals surface area contributed by atoms with Crippen molar-refractivity contribution in [2.45, 2.75) is 17.8 Å². The Labute approximate surface area is 186 Å². The van der Waals surface area contributed by atoms with Gasteiger partial charge in [0.15, 0.2) is 0 Å². The molecule has 0 saturated heterocycles. The van der Waals surface area contributed by atoms with Gasteiger partial charge in [-0.3, -0.25) is 13.8 Å². The van der Waals surface area contributed by atoms with Crippen molar-refractivity contribution >= 4 is 50.3 Å². The fourth-order valence-electron chi connectivity index (χ4n) is 3.10. The van der Waals surface area contributed by atoms with E-state index in [1.807, 2.05) is 0 Å². The quantitative estimate of drug-likeness (QED) is 0.436. The fourth-order valence-corrected chi connectivity index (χ4v) is 5.19. The molecule has 2 heterocycles. The number of benzene rings is 2. The maximum absolute atomic E-state index is 12.9. The van der Waals surface area contributed by atoms with Crippen molar-refractivity contribution in [1.82, 2.24) is 19.2 Å². The van der Waals surface area contributed by atoms with Crippen LogP contribution in [0.4, 0.5) is 0 Å². The molecular weight excluding hydrogens is 471 g/mol. The number of sulfone groups is 1. The van der Waals surface area contributed by atoms with Crippen LogP contribution >= 0.6 is 34.8 Å². The van der Waals surface area contributed by atoms with Gasteiger partial charge in [-0.15, -0.1) is 10.2 Å². The normalized spacial score (nSPS) is 11.9. The second kappa shape index (κ2) is 7.70. The first kappa shape index (κ1) is 20.9.